The highest BCUT2D eigenvalue weighted by Crippen LogP contribution is 2.18. The molecule has 1 aromatic heterocycles. The van der Waals surface area contributed by atoms with Crippen molar-refractivity contribution < 1.29 is 18.7 Å². The molecule has 6 nitrogen and oxygen atoms in total. The number of aromatic amines is 1. The van der Waals surface area contributed by atoms with Crippen molar-refractivity contribution in [3.05, 3.63) is 41.8 Å². The first-order chi connectivity index (χ1) is 10.6. The Bertz CT molecular complexity index is 696. The van der Waals surface area contributed by atoms with Crippen molar-refractivity contribution in [2.24, 2.45) is 0 Å². The molecule has 1 amide bonds. The average Bonchev–Trinajstić information content (AvgIpc) is 3.15. The SMILES string of the molecule is O=C1CCC(COC(=O)c2cc(-c3ccc(F)cc3)n[nH]2)N1. The zero-order chi connectivity index (χ0) is 15.5. The molecule has 0 spiro atoms. The summed E-state index contributed by atoms with van der Waals surface area (Å²) in [7, 11) is 0. The number of halogens is 1. The number of hydrogen-bond acceptors (Lipinski definition) is 4. The molecule has 1 aliphatic rings. The minimum absolute atomic E-state index is 0.0267. The summed E-state index contributed by atoms with van der Waals surface area (Å²) in [4.78, 5) is 23.0. The van der Waals surface area contributed by atoms with Gasteiger partial charge >= 0.3 is 5.97 Å². The summed E-state index contributed by atoms with van der Waals surface area (Å²) >= 11 is 0. The van der Waals surface area contributed by atoms with E-state index >= 15 is 0 Å². The molecule has 114 valence electrons. The second kappa shape index (κ2) is 5.97. The van der Waals surface area contributed by atoms with Gasteiger partial charge in [-0.15, -0.1) is 0 Å². The van der Waals surface area contributed by atoms with Crippen LogP contribution in [0.3, 0.4) is 0 Å². The molecule has 1 fully saturated rings. The molecule has 1 unspecified atom stereocenters. The highest BCUT2D eigenvalue weighted by atomic mass is 19.1. The first-order valence-electron chi connectivity index (χ1n) is 6.89. The van der Waals surface area contributed by atoms with Crippen LogP contribution in [0, 0.1) is 5.82 Å². The molecule has 2 heterocycles. The zero-order valence-electron chi connectivity index (χ0n) is 11.6. The summed E-state index contributed by atoms with van der Waals surface area (Å²) in [6.07, 6.45) is 1.12. The third-order valence-electron chi connectivity index (χ3n) is 3.44. The van der Waals surface area contributed by atoms with Crippen LogP contribution in [-0.2, 0) is 9.53 Å². The van der Waals surface area contributed by atoms with E-state index in [0.29, 0.717) is 24.1 Å². The zero-order valence-corrected chi connectivity index (χ0v) is 11.6. The molecular weight excluding hydrogens is 289 g/mol. The molecule has 1 aliphatic heterocycles. The number of hydrogen-bond donors (Lipinski definition) is 2. The highest BCUT2D eigenvalue weighted by molar-refractivity contribution is 5.88. The maximum Gasteiger partial charge on any atom is 0.356 e. The van der Waals surface area contributed by atoms with Gasteiger partial charge < -0.3 is 10.1 Å². The Balaban J connectivity index is 1.61. The smallest absolute Gasteiger partial charge is 0.356 e. The number of ether oxygens (including phenoxy) is 1. The third kappa shape index (κ3) is 3.13. The lowest BCUT2D eigenvalue weighted by Crippen LogP contribution is -2.30. The Morgan fingerprint density at radius 1 is 1.36 bits per heavy atom. The molecule has 1 aromatic carbocycles. The van der Waals surface area contributed by atoms with E-state index in [1.54, 1.807) is 18.2 Å². The monoisotopic (exact) mass is 303 g/mol. The molecule has 0 aliphatic carbocycles. The molecule has 0 saturated carbocycles. The number of amides is 1. The number of aromatic nitrogens is 2. The van der Waals surface area contributed by atoms with E-state index in [2.05, 4.69) is 15.5 Å². The predicted octanol–water partition coefficient (Wildman–Crippen LogP) is 1.65. The van der Waals surface area contributed by atoms with Gasteiger partial charge in [-0.3, -0.25) is 9.89 Å². The quantitative estimate of drug-likeness (QED) is 0.841. The van der Waals surface area contributed by atoms with Crippen LogP contribution in [0.1, 0.15) is 23.3 Å². The second-order valence-corrected chi connectivity index (χ2v) is 5.08. The van der Waals surface area contributed by atoms with E-state index in [1.165, 1.54) is 12.1 Å². The van der Waals surface area contributed by atoms with Gasteiger partial charge in [0, 0.05) is 12.0 Å². The fourth-order valence-electron chi connectivity index (χ4n) is 2.25. The van der Waals surface area contributed by atoms with Crippen LogP contribution in [0.2, 0.25) is 0 Å². The van der Waals surface area contributed by atoms with Crippen LogP contribution in [-0.4, -0.2) is 34.7 Å². The van der Waals surface area contributed by atoms with Crippen LogP contribution in [0.4, 0.5) is 4.39 Å². The van der Waals surface area contributed by atoms with Gasteiger partial charge in [0.2, 0.25) is 5.91 Å². The first-order valence-corrected chi connectivity index (χ1v) is 6.89. The van der Waals surface area contributed by atoms with E-state index in [-0.39, 0.29) is 30.1 Å². The Morgan fingerprint density at radius 2 is 2.14 bits per heavy atom. The van der Waals surface area contributed by atoms with Gasteiger partial charge in [0.1, 0.15) is 18.1 Å². The number of carbonyl (C=O) groups excluding carboxylic acids is 2. The summed E-state index contributed by atoms with van der Waals surface area (Å²) in [6.45, 7) is 0.134. The molecule has 2 aromatic rings. The van der Waals surface area contributed by atoms with Crippen LogP contribution >= 0.6 is 0 Å². The van der Waals surface area contributed by atoms with Gasteiger partial charge in [0.15, 0.2) is 0 Å². The maximum atomic E-state index is 12.9. The number of carbonyl (C=O) groups is 2. The maximum absolute atomic E-state index is 12.9. The van der Waals surface area contributed by atoms with E-state index in [4.69, 9.17) is 4.74 Å². The second-order valence-electron chi connectivity index (χ2n) is 5.08. The lowest BCUT2D eigenvalue weighted by atomic mass is 10.1. The molecule has 3 rings (SSSR count). The lowest BCUT2D eigenvalue weighted by molar-refractivity contribution is -0.119. The molecule has 2 N–H and O–H groups in total. The third-order valence-corrected chi connectivity index (χ3v) is 3.44. The summed E-state index contributed by atoms with van der Waals surface area (Å²) in [5, 5.41) is 9.33. The van der Waals surface area contributed by atoms with Crippen LogP contribution in [0.25, 0.3) is 11.3 Å². The van der Waals surface area contributed by atoms with E-state index in [0.717, 1.165) is 0 Å². The van der Waals surface area contributed by atoms with Crippen molar-refractivity contribution in [1.82, 2.24) is 15.5 Å². The summed E-state index contributed by atoms with van der Waals surface area (Å²) in [6, 6.07) is 7.22. The van der Waals surface area contributed by atoms with Crippen molar-refractivity contribution in [1.29, 1.82) is 0 Å². The fourth-order valence-corrected chi connectivity index (χ4v) is 2.25. The summed E-state index contributed by atoms with van der Waals surface area (Å²) in [5.74, 6) is -0.902. The predicted molar refractivity (Wildman–Crippen MR) is 75.4 cm³/mol. The number of benzene rings is 1. The van der Waals surface area contributed by atoms with Gasteiger partial charge in [0.25, 0.3) is 0 Å². The van der Waals surface area contributed by atoms with Gasteiger partial charge in [-0.1, -0.05) is 0 Å². The number of nitrogens with zero attached hydrogens (tertiary/aromatic N) is 1. The molecule has 22 heavy (non-hydrogen) atoms. The Kier molecular flexibility index (Phi) is 3.86. The van der Waals surface area contributed by atoms with Gasteiger partial charge in [-0.25, -0.2) is 9.18 Å². The molecule has 1 saturated heterocycles. The fraction of sp³-hybridized carbons (Fsp3) is 0.267. The van der Waals surface area contributed by atoms with Crippen molar-refractivity contribution in [2.45, 2.75) is 18.9 Å². The number of rotatable bonds is 4. The van der Waals surface area contributed by atoms with Crippen LogP contribution in [0.15, 0.2) is 30.3 Å². The number of H-pyrrole nitrogens is 1. The highest BCUT2D eigenvalue weighted by Gasteiger charge is 2.22. The van der Waals surface area contributed by atoms with Crippen molar-refractivity contribution >= 4 is 11.9 Å². The van der Waals surface area contributed by atoms with Crippen LogP contribution < -0.4 is 5.32 Å². The summed E-state index contributed by atoms with van der Waals surface area (Å²) < 4.78 is 18.0. The Morgan fingerprint density at radius 3 is 2.82 bits per heavy atom. The standard InChI is InChI=1S/C15H14FN3O3/c16-10-3-1-9(2-4-10)12-7-13(19-18-12)15(21)22-8-11-5-6-14(20)17-11/h1-4,7,11H,5-6,8H2,(H,17,20)(H,18,19). The Hall–Kier alpha value is -2.70. The van der Waals surface area contributed by atoms with E-state index < -0.39 is 5.97 Å². The van der Waals surface area contributed by atoms with Gasteiger partial charge in [-0.05, 0) is 36.8 Å². The van der Waals surface area contributed by atoms with Gasteiger partial charge in [-0.2, -0.15) is 5.10 Å². The largest absolute Gasteiger partial charge is 0.459 e. The average molecular weight is 303 g/mol. The molecule has 7 heteroatoms. The molecule has 0 radical (unpaired) electrons. The molecular formula is C15H14FN3O3. The minimum atomic E-state index is -0.540. The normalized spacial score (nSPS) is 17.3. The topological polar surface area (TPSA) is 84.1 Å². The van der Waals surface area contributed by atoms with E-state index in [1.807, 2.05) is 0 Å². The van der Waals surface area contributed by atoms with Gasteiger partial charge in [0.05, 0.1) is 11.7 Å². The lowest BCUT2D eigenvalue weighted by Gasteiger charge is -2.09. The van der Waals surface area contributed by atoms with Crippen molar-refractivity contribution in [3.8, 4) is 11.3 Å². The minimum Gasteiger partial charge on any atom is -0.459 e. The van der Waals surface area contributed by atoms with Crippen molar-refractivity contribution in [2.75, 3.05) is 6.61 Å². The number of esters is 1. The first kappa shape index (κ1) is 14.2. The number of nitrogens with one attached hydrogen (secondary N) is 2. The molecule has 1 atom stereocenters. The van der Waals surface area contributed by atoms with Crippen LogP contribution in [0.5, 0.6) is 0 Å². The summed E-state index contributed by atoms with van der Waals surface area (Å²) in [5.41, 5.74) is 1.43. The Labute approximate surface area is 125 Å². The molecule has 0 bridgehead atoms. The van der Waals surface area contributed by atoms with E-state index in [9.17, 15) is 14.0 Å². The van der Waals surface area contributed by atoms with Crippen molar-refractivity contribution in [3.63, 3.8) is 0 Å².